The molecule has 8 nitrogen and oxygen atoms in total. The molecule has 36 heavy (non-hydrogen) atoms. The molecule has 0 spiro atoms. The number of para-hydroxylation sites is 3. The predicted molar refractivity (Wildman–Crippen MR) is 136 cm³/mol. The summed E-state index contributed by atoms with van der Waals surface area (Å²) in [6.07, 6.45) is 0.288. The average Bonchev–Trinajstić information content (AvgIpc) is 3.36. The van der Waals surface area contributed by atoms with Crippen LogP contribution in [0.2, 0.25) is 0 Å². The zero-order valence-corrected chi connectivity index (χ0v) is 21.0. The highest BCUT2D eigenvalue weighted by molar-refractivity contribution is 7.92. The van der Waals surface area contributed by atoms with Crippen molar-refractivity contribution >= 4 is 21.6 Å². The number of rotatable bonds is 7. The summed E-state index contributed by atoms with van der Waals surface area (Å²) in [6, 6.07) is 19.3. The van der Waals surface area contributed by atoms with Crippen LogP contribution in [0.1, 0.15) is 22.8 Å². The molecule has 0 aromatic heterocycles. The van der Waals surface area contributed by atoms with E-state index in [2.05, 4.69) is 0 Å². The molecule has 0 bridgehead atoms. The van der Waals surface area contributed by atoms with Gasteiger partial charge in [-0.1, -0.05) is 30.3 Å². The fourth-order valence-corrected chi connectivity index (χ4v) is 6.15. The molecule has 3 aromatic rings. The van der Waals surface area contributed by atoms with Gasteiger partial charge < -0.3 is 19.1 Å². The summed E-state index contributed by atoms with van der Waals surface area (Å²) in [5.74, 6) is 1.28. The van der Waals surface area contributed by atoms with Crippen molar-refractivity contribution < 1.29 is 27.4 Å². The van der Waals surface area contributed by atoms with Crippen LogP contribution in [0.25, 0.3) is 0 Å². The largest absolute Gasteiger partial charge is 0.496 e. The van der Waals surface area contributed by atoms with Crippen LogP contribution in [0.3, 0.4) is 0 Å². The molecular formula is C27H28N2O6S. The SMILES string of the molecule is CCN(C[C@@H]1COc2ccccc2O1)C(=O)c1cc(S(=O)(=O)N2CCc3ccccc32)ccc1OC. The standard InChI is InChI=1S/C27H28N2O6S/c1-3-28(17-20-18-34-25-10-6-7-11-26(25)35-20)27(30)22-16-21(12-13-24(22)33-2)36(31,32)29-15-14-19-8-4-5-9-23(19)29/h4-13,16,20H,3,14-15,17-18H2,1-2H3/t20-/m1/s1. The maximum absolute atomic E-state index is 13.6. The first-order valence-corrected chi connectivity index (χ1v) is 13.3. The normalized spacial score (nSPS) is 16.4. The number of amides is 1. The lowest BCUT2D eigenvalue weighted by Crippen LogP contribution is -2.43. The summed E-state index contributed by atoms with van der Waals surface area (Å²) in [5.41, 5.74) is 1.84. The van der Waals surface area contributed by atoms with Crippen LogP contribution >= 0.6 is 0 Å². The van der Waals surface area contributed by atoms with Gasteiger partial charge in [-0.25, -0.2) is 8.42 Å². The molecule has 2 heterocycles. The zero-order chi connectivity index (χ0) is 25.3. The number of carbonyl (C=O) groups excluding carboxylic acids is 1. The van der Waals surface area contributed by atoms with Gasteiger partial charge in [-0.3, -0.25) is 9.10 Å². The van der Waals surface area contributed by atoms with E-state index in [1.54, 1.807) is 11.0 Å². The molecule has 1 amide bonds. The van der Waals surface area contributed by atoms with Crippen molar-refractivity contribution in [3.8, 4) is 17.2 Å². The number of hydrogen-bond acceptors (Lipinski definition) is 6. The van der Waals surface area contributed by atoms with Gasteiger partial charge >= 0.3 is 0 Å². The molecule has 9 heteroatoms. The smallest absolute Gasteiger partial charge is 0.264 e. The van der Waals surface area contributed by atoms with E-state index >= 15 is 0 Å². The van der Waals surface area contributed by atoms with Crippen LogP contribution in [-0.4, -0.2) is 58.7 Å². The lowest BCUT2D eigenvalue weighted by molar-refractivity contribution is 0.0473. The molecule has 2 aliphatic rings. The van der Waals surface area contributed by atoms with E-state index in [1.807, 2.05) is 49.4 Å². The number of nitrogens with zero attached hydrogens (tertiary/aromatic N) is 2. The van der Waals surface area contributed by atoms with Crippen LogP contribution in [-0.2, 0) is 16.4 Å². The maximum Gasteiger partial charge on any atom is 0.264 e. The van der Waals surface area contributed by atoms with Crippen LogP contribution in [0, 0.1) is 0 Å². The molecule has 0 aliphatic carbocycles. The first kappa shape index (κ1) is 24.0. The minimum atomic E-state index is -3.86. The lowest BCUT2D eigenvalue weighted by atomic mass is 10.1. The summed E-state index contributed by atoms with van der Waals surface area (Å²) in [6.45, 7) is 3.21. The van der Waals surface area contributed by atoms with Crippen LogP contribution in [0.5, 0.6) is 17.2 Å². The molecule has 0 radical (unpaired) electrons. The summed E-state index contributed by atoms with van der Waals surface area (Å²) in [5, 5.41) is 0. The van der Waals surface area contributed by atoms with E-state index < -0.39 is 10.0 Å². The number of hydrogen-bond donors (Lipinski definition) is 0. The first-order chi connectivity index (χ1) is 17.4. The van der Waals surface area contributed by atoms with Gasteiger partial charge in [0.05, 0.1) is 29.8 Å². The van der Waals surface area contributed by atoms with Gasteiger partial charge in [0.1, 0.15) is 12.4 Å². The Bertz CT molecular complexity index is 1390. The Kier molecular flexibility index (Phi) is 6.49. The van der Waals surface area contributed by atoms with Crippen molar-refractivity contribution in [2.24, 2.45) is 0 Å². The van der Waals surface area contributed by atoms with Gasteiger partial charge in [0, 0.05) is 13.1 Å². The van der Waals surface area contributed by atoms with E-state index in [0.29, 0.717) is 49.1 Å². The highest BCUT2D eigenvalue weighted by atomic mass is 32.2. The second kappa shape index (κ2) is 9.73. The van der Waals surface area contributed by atoms with Gasteiger partial charge in [-0.05, 0) is 55.3 Å². The number of sulfonamides is 1. The number of anilines is 1. The predicted octanol–water partition coefficient (Wildman–Crippen LogP) is 3.75. The van der Waals surface area contributed by atoms with E-state index in [-0.39, 0.29) is 29.0 Å². The Balaban J connectivity index is 1.41. The fraction of sp³-hybridized carbons (Fsp3) is 0.296. The van der Waals surface area contributed by atoms with Crippen molar-refractivity contribution in [2.75, 3.05) is 37.7 Å². The second-order valence-electron chi connectivity index (χ2n) is 8.66. The molecule has 0 fully saturated rings. The lowest BCUT2D eigenvalue weighted by Gasteiger charge is -2.31. The topological polar surface area (TPSA) is 85.4 Å². The summed E-state index contributed by atoms with van der Waals surface area (Å²) in [4.78, 5) is 15.3. The molecule has 3 aromatic carbocycles. The molecule has 0 N–H and O–H groups in total. The van der Waals surface area contributed by atoms with Crippen LogP contribution in [0.15, 0.2) is 71.6 Å². The third-order valence-electron chi connectivity index (χ3n) is 6.49. The second-order valence-corrected chi connectivity index (χ2v) is 10.5. The molecule has 0 saturated carbocycles. The monoisotopic (exact) mass is 508 g/mol. The Morgan fingerprint density at radius 1 is 1.08 bits per heavy atom. The summed E-state index contributed by atoms with van der Waals surface area (Å²) < 4.78 is 45.8. The van der Waals surface area contributed by atoms with Crippen molar-refractivity contribution in [3.05, 3.63) is 77.9 Å². The first-order valence-electron chi connectivity index (χ1n) is 11.9. The average molecular weight is 509 g/mol. The number of ether oxygens (including phenoxy) is 3. The van der Waals surface area contributed by atoms with Crippen LogP contribution < -0.4 is 18.5 Å². The molecule has 0 unspecified atom stereocenters. The van der Waals surface area contributed by atoms with Crippen molar-refractivity contribution in [2.45, 2.75) is 24.3 Å². The van der Waals surface area contributed by atoms with E-state index in [0.717, 1.165) is 5.56 Å². The number of benzene rings is 3. The Labute approximate surface area is 211 Å². The Hall–Kier alpha value is -3.72. The molecule has 2 aliphatic heterocycles. The quantitative estimate of drug-likeness (QED) is 0.483. The van der Waals surface area contributed by atoms with Gasteiger partial charge in [0.15, 0.2) is 17.6 Å². The number of fused-ring (bicyclic) bond motifs is 2. The van der Waals surface area contributed by atoms with E-state index in [1.165, 1.54) is 29.6 Å². The minimum Gasteiger partial charge on any atom is -0.496 e. The molecule has 0 saturated heterocycles. The molecule has 188 valence electrons. The minimum absolute atomic E-state index is 0.0468. The number of carbonyl (C=O) groups is 1. The summed E-state index contributed by atoms with van der Waals surface area (Å²) >= 11 is 0. The highest BCUT2D eigenvalue weighted by Crippen LogP contribution is 2.35. The zero-order valence-electron chi connectivity index (χ0n) is 20.2. The number of likely N-dealkylation sites (N-methyl/N-ethyl adjacent to an activating group) is 1. The van der Waals surface area contributed by atoms with Gasteiger partial charge in [-0.15, -0.1) is 0 Å². The fourth-order valence-electron chi connectivity index (χ4n) is 4.62. The maximum atomic E-state index is 13.6. The van der Waals surface area contributed by atoms with Gasteiger partial charge in [0.2, 0.25) is 0 Å². The Morgan fingerprint density at radius 3 is 2.61 bits per heavy atom. The van der Waals surface area contributed by atoms with E-state index in [4.69, 9.17) is 14.2 Å². The van der Waals surface area contributed by atoms with E-state index in [9.17, 15) is 13.2 Å². The molecule has 5 rings (SSSR count). The number of methoxy groups -OCH3 is 1. The highest BCUT2D eigenvalue weighted by Gasteiger charge is 2.33. The van der Waals surface area contributed by atoms with Gasteiger partial charge in [0.25, 0.3) is 15.9 Å². The Morgan fingerprint density at radius 2 is 1.83 bits per heavy atom. The third-order valence-corrected chi connectivity index (χ3v) is 8.30. The van der Waals surface area contributed by atoms with Crippen molar-refractivity contribution in [1.29, 1.82) is 0 Å². The van der Waals surface area contributed by atoms with Gasteiger partial charge in [-0.2, -0.15) is 0 Å². The summed E-state index contributed by atoms with van der Waals surface area (Å²) in [7, 11) is -2.40. The molecular weight excluding hydrogens is 480 g/mol. The van der Waals surface area contributed by atoms with Crippen molar-refractivity contribution in [3.63, 3.8) is 0 Å². The van der Waals surface area contributed by atoms with Crippen LogP contribution in [0.4, 0.5) is 5.69 Å². The van der Waals surface area contributed by atoms with Crippen molar-refractivity contribution in [1.82, 2.24) is 4.90 Å². The molecule has 1 atom stereocenters. The third kappa shape index (κ3) is 4.35.